The van der Waals surface area contributed by atoms with Crippen LogP contribution in [0.15, 0.2) is 34.9 Å². The fourth-order valence-corrected chi connectivity index (χ4v) is 3.47. The van der Waals surface area contributed by atoms with Gasteiger partial charge in [0.25, 0.3) is 0 Å². The summed E-state index contributed by atoms with van der Waals surface area (Å²) in [6.45, 7) is 5.29. The maximum atomic E-state index is 12.5. The number of aryl methyl sites for hydroxylation is 2. The summed E-state index contributed by atoms with van der Waals surface area (Å²) in [5.41, 5.74) is 2.33. The van der Waals surface area contributed by atoms with Gasteiger partial charge in [0, 0.05) is 29.1 Å². The summed E-state index contributed by atoms with van der Waals surface area (Å²) >= 11 is 0. The standard InChI is InChI=1S/C16H20N2O3S/c1-11-15(12(2)21-17-11)10-22(20)13(3)16(19)18(4)14-8-6-5-7-9-14/h5-9,13H,10H2,1-4H3. The number of hydrogen-bond acceptors (Lipinski definition) is 4. The Morgan fingerprint density at radius 2 is 1.95 bits per heavy atom. The van der Waals surface area contributed by atoms with Gasteiger partial charge in [-0.15, -0.1) is 0 Å². The van der Waals surface area contributed by atoms with Crippen LogP contribution in [-0.4, -0.2) is 27.6 Å². The highest BCUT2D eigenvalue weighted by atomic mass is 32.2. The Bertz CT molecular complexity index is 662. The van der Waals surface area contributed by atoms with Crippen molar-refractivity contribution in [2.75, 3.05) is 11.9 Å². The Labute approximate surface area is 132 Å². The van der Waals surface area contributed by atoms with Crippen molar-refractivity contribution in [3.05, 3.63) is 47.3 Å². The minimum absolute atomic E-state index is 0.170. The molecule has 118 valence electrons. The molecule has 0 bridgehead atoms. The topological polar surface area (TPSA) is 63.4 Å². The molecule has 0 radical (unpaired) electrons. The molecule has 1 aromatic heterocycles. The van der Waals surface area contributed by atoms with Gasteiger partial charge in [-0.1, -0.05) is 23.4 Å². The third-order valence-electron chi connectivity index (χ3n) is 3.68. The Balaban J connectivity index is 2.09. The van der Waals surface area contributed by atoms with E-state index in [1.54, 1.807) is 20.9 Å². The Morgan fingerprint density at radius 3 is 2.50 bits per heavy atom. The third kappa shape index (κ3) is 3.44. The quantitative estimate of drug-likeness (QED) is 0.849. The highest BCUT2D eigenvalue weighted by Crippen LogP contribution is 2.18. The summed E-state index contributed by atoms with van der Waals surface area (Å²) in [4.78, 5) is 14.0. The average molecular weight is 320 g/mol. The van der Waals surface area contributed by atoms with Crippen LogP contribution < -0.4 is 4.90 Å². The molecule has 0 spiro atoms. The predicted molar refractivity (Wildman–Crippen MR) is 87.1 cm³/mol. The number of carbonyl (C=O) groups is 1. The molecule has 22 heavy (non-hydrogen) atoms. The maximum Gasteiger partial charge on any atom is 0.242 e. The second kappa shape index (κ2) is 6.87. The van der Waals surface area contributed by atoms with Crippen molar-refractivity contribution >= 4 is 22.4 Å². The fourth-order valence-electron chi connectivity index (χ4n) is 2.14. The number of aromatic nitrogens is 1. The van der Waals surface area contributed by atoms with Crippen molar-refractivity contribution < 1.29 is 13.5 Å². The molecule has 1 amide bonds. The van der Waals surface area contributed by atoms with E-state index in [2.05, 4.69) is 5.16 Å². The number of anilines is 1. The molecule has 1 heterocycles. The smallest absolute Gasteiger partial charge is 0.242 e. The summed E-state index contributed by atoms with van der Waals surface area (Å²) in [6.07, 6.45) is 0. The average Bonchev–Trinajstić information content (AvgIpc) is 2.85. The van der Waals surface area contributed by atoms with Crippen molar-refractivity contribution in [2.45, 2.75) is 31.8 Å². The number of hydrogen-bond donors (Lipinski definition) is 0. The van der Waals surface area contributed by atoms with E-state index in [4.69, 9.17) is 4.52 Å². The van der Waals surface area contributed by atoms with Crippen molar-refractivity contribution in [3.63, 3.8) is 0 Å². The molecule has 0 saturated carbocycles. The number of amides is 1. The van der Waals surface area contributed by atoms with E-state index in [0.29, 0.717) is 5.76 Å². The number of carbonyl (C=O) groups excluding carboxylic acids is 1. The first-order valence-electron chi connectivity index (χ1n) is 7.03. The highest BCUT2D eigenvalue weighted by molar-refractivity contribution is 7.85. The zero-order valence-electron chi connectivity index (χ0n) is 13.2. The molecule has 0 aliphatic heterocycles. The minimum atomic E-state index is -1.33. The van der Waals surface area contributed by atoms with Crippen LogP contribution in [0.25, 0.3) is 0 Å². The van der Waals surface area contributed by atoms with Crippen LogP contribution in [0.3, 0.4) is 0 Å². The summed E-state index contributed by atoms with van der Waals surface area (Å²) in [7, 11) is 0.365. The van der Waals surface area contributed by atoms with Gasteiger partial charge < -0.3 is 9.42 Å². The number of rotatable bonds is 5. The normalized spacial score (nSPS) is 13.6. The predicted octanol–water partition coefficient (Wildman–Crippen LogP) is 2.59. The van der Waals surface area contributed by atoms with Crippen LogP contribution >= 0.6 is 0 Å². The molecule has 0 aliphatic carbocycles. The molecule has 0 N–H and O–H groups in total. The van der Waals surface area contributed by atoms with E-state index in [1.165, 1.54) is 4.90 Å². The Morgan fingerprint density at radius 1 is 1.32 bits per heavy atom. The molecular weight excluding hydrogens is 300 g/mol. The van der Waals surface area contributed by atoms with E-state index >= 15 is 0 Å². The van der Waals surface area contributed by atoms with Crippen molar-refractivity contribution in [1.29, 1.82) is 0 Å². The SMILES string of the molecule is Cc1noc(C)c1CS(=O)C(C)C(=O)N(C)c1ccccc1. The lowest BCUT2D eigenvalue weighted by molar-refractivity contribution is -0.117. The zero-order valence-corrected chi connectivity index (χ0v) is 14.0. The Hall–Kier alpha value is -1.95. The molecule has 2 aromatic rings. The molecule has 2 atom stereocenters. The summed E-state index contributed by atoms with van der Waals surface area (Å²) in [5.74, 6) is 0.759. The van der Waals surface area contributed by atoms with Crippen molar-refractivity contribution in [1.82, 2.24) is 5.16 Å². The first-order valence-corrected chi connectivity index (χ1v) is 8.41. The van der Waals surface area contributed by atoms with Gasteiger partial charge in [-0.2, -0.15) is 0 Å². The number of benzene rings is 1. The second-order valence-corrected chi connectivity index (χ2v) is 6.96. The van der Waals surface area contributed by atoms with Gasteiger partial charge in [0.2, 0.25) is 5.91 Å². The van der Waals surface area contributed by atoms with Crippen LogP contribution in [0, 0.1) is 13.8 Å². The summed E-state index contributed by atoms with van der Waals surface area (Å²) in [5, 5.41) is 3.25. The van der Waals surface area contributed by atoms with Crippen molar-refractivity contribution in [2.24, 2.45) is 0 Å². The van der Waals surface area contributed by atoms with Crippen LogP contribution in [0.5, 0.6) is 0 Å². The number of nitrogens with zero attached hydrogens (tertiary/aromatic N) is 2. The Kier molecular flexibility index (Phi) is 5.13. The maximum absolute atomic E-state index is 12.5. The molecular formula is C16H20N2O3S. The second-order valence-electron chi connectivity index (χ2n) is 5.20. The third-order valence-corrected chi connectivity index (χ3v) is 5.25. The minimum Gasteiger partial charge on any atom is -0.361 e. The lowest BCUT2D eigenvalue weighted by atomic mass is 10.2. The van der Waals surface area contributed by atoms with Gasteiger partial charge in [-0.3, -0.25) is 9.00 Å². The fraction of sp³-hybridized carbons (Fsp3) is 0.375. The molecule has 2 rings (SSSR count). The summed E-state index contributed by atoms with van der Waals surface area (Å²) < 4.78 is 17.6. The zero-order chi connectivity index (χ0) is 16.3. The molecule has 0 saturated heterocycles. The lowest BCUT2D eigenvalue weighted by Crippen LogP contribution is -2.37. The lowest BCUT2D eigenvalue weighted by Gasteiger charge is -2.21. The van der Waals surface area contributed by atoms with E-state index < -0.39 is 16.0 Å². The number of para-hydroxylation sites is 1. The molecule has 0 fully saturated rings. The molecule has 5 nitrogen and oxygen atoms in total. The largest absolute Gasteiger partial charge is 0.361 e. The van der Waals surface area contributed by atoms with Gasteiger partial charge in [0.15, 0.2) is 0 Å². The van der Waals surface area contributed by atoms with E-state index in [1.807, 2.05) is 37.3 Å². The van der Waals surface area contributed by atoms with E-state index in [9.17, 15) is 9.00 Å². The molecule has 6 heteroatoms. The van der Waals surface area contributed by atoms with Gasteiger partial charge >= 0.3 is 0 Å². The van der Waals surface area contributed by atoms with Crippen LogP contribution in [-0.2, 0) is 21.3 Å². The van der Waals surface area contributed by atoms with Gasteiger partial charge in [0.1, 0.15) is 11.0 Å². The van der Waals surface area contributed by atoms with Gasteiger partial charge in [-0.05, 0) is 32.9 Å². The molecule has 0 aliphatic rings. The first kappa shape index (κ1) is 16.4. The monoisotopic (exact) mass is 320 g/mol. The van der Waals surface area contributed by atoms with E-state index in [0.717, 1.165) is 16.9 Å². The van der Waals surface area contributed by atoms with Gasteiger partial charge in [-0.25, -0.2) is 0 Å². The van der Waals surface area contributed by atoms with Gasteiger partial charge in [0.05, 0.1) is 11.4 Å². The summed E-state index contributed by atoms with van der Waals surface area (Å²) in [6, 6.07) is 9.32. The van der Waals surface area contributed by atoms with Crippen LogP contribution in [0.2, 0.25) is 0 Å². The highest BCUT2D eigenvalue weighted by Gasteiger charge is 2.25. The van der Waals surface area contributed by atoms with Crippen molar-refractivity contribution in [3.8, 4) is 0 Å². The molecule has 1 aromatic carbocycles. The van der Waals surface area contributed by atoms with Crippen LogP contribution in [0.4, 0.5) is 5.69 Å². The first-order chi connectivity index (χ1) is 10.4. The molecule has 2 unspecified atom stereocenters. The van der Waals surface area contributed by atoms with E-state index in [-0.39, 0.29) is 11.7 Å². The van der Waals surface area contributed by atoms with Crippen LogP contribution in [0.1, 0.15) is 23.9 Å².